The molecular weight excluding hydrogens is 152 g/mol. The maximum Gasteiger partial charge on any atom is 0.0884 e. The predicted octanol–water partition coefficient (Wildman–Crippen LogP) is 2.10. The highest BCUT2D eigenvalue weighted by atomic mass is 33.1. The van der Waals surface area contributed by atoms with Crippen molar-refractivity contribution in [3.63, 3.8) is 0 Å². The van der Waals surface area contributed by atoms with Crippen LogP contribution in [0.15, 0.2) is 24.1 Å². The van der Waals surface area contributed by atoms with Crippen LogP contribution in [0.25, 0.3) is 0 Å². The van der Waals surface area contributed by atoms with E-state index < -0.39 is 9.83 Å². The molecule has 0 heterocycles. The quantitative estimate of drug-likeness (QED) is 0.465. The summed E-state index contributed by atoms with van der Waals surface area (Å²) in [5.41, 5.74) is 0. The van der Waals surface area contributed by atoms with E-state index in [1.807, 2.05) is 18.4 Å². The molecule has 0 amide bonds. The van der Waals surface area contributed by atoms with Crippen molar-refractivity contribution in [3.05, 3.63) is 24.1 Å². The van der Waals surface area contributed by atoms with Gasteiger partial charge in [-0.1, -0.05) is 12.2 Å². The molecular formula is C6H10OS2. The van der Waals surface area contributed by atoms with Gasteiger partial charge in [0.15, 0.2) is 0 Å². The summed E-state index contributed by atoms with van der Waals surface area (Å²) in [7, 11) is 0.513. The zero-order valence-electron chi connectivity index (χ0n) is 5.37. The molecule has 0 saturated carbocycles. The third-order valence-corrected chi connectivity index (χ3v) is 3.04. The van der Waals surface area contributed by atoms with Crippen LogP contribution in [0, 0.1) is 0 Å². The van der Waals surface area contributed by atoms with Gasteiger partial charge in [-0.2, -0.15) is 0 Å². The molecule has 0 N–H and O–H groups in total. The standard InChI is InChI=1S/C6H10OS2/c1-3-5-8-9(7)6-4-2/h3-5H,2,6H2,1H3/b5-3-/t9-/m0/s1. The Hall–Kier alpha value is -0.0200. The summed E-state index contributed by atoms with van der Waals surface area (Å²) in [6, 6.07) is 0. The van der Waals surface area contributed by atoms with Gasteiger partial charge in [0.05, 0.1) is 15.6 Å². The molecule has 0 aliphatic rings. The van der Waals surface area contributed by atoms with E-state index in [0.717, 1.165) is 0 Å². The van der Waals surface area contributed by atoms with Gasteiger partial charge in [0.1, 0.15) is 0 Å². The van der Waals surface area contributed by atoms with Gasteiger partial charge in [-0.15, -0.1) is 6.58 Å². The molecule has 0 aromatic heterocycles. The second kappa shape index (κ2) is 6.11. The Balaban J connectivity index is 3.38. The van der Waals surface area contributed by atoms with Crippen molar-refractivity contribution >= 4 is 20.6 Å². The Morgan fingerprint density at radius 1 is 1.78 bits per heavy atom. The monoisotopic (exact) mass is 162 g/mol. The van der Waals surface area contributed by atoms with Crippen LogP contribution in [-0.2, 0) is 9.83 Å². The zero-order valence-corrected chi connectivity index (χ0v) is 7.00. The first kappa shape index (κ1) is 8.98. The van der Waals surface area contributed by atoms with Crippen molar-refractivity contribution in [1.82, 2.24) is 0 Å². The number of rotatable bonds is 4. The van der Waals surface area contributed by atoms with Crippen molar-refractivity contribution in [2.75, 3.05) is 5.75 Å². The molecule has 9 heavy (non-hydrogen) atoms. The molecule has 52 valence electrons. The normalized spacial score (nSPS) is 13.9. The summed E-state index contributed by atoms with van der Waals surface area (Å²) in [6.07, 6.45) is 3.53. The van der Waals surface area contributed by atoms with Gasteiger partial charge in [-0.05, 0) is 23.1 Å². The van der Waals surface area contributed by atoms with E-state index in [-0.39, 0.29) is 0 Å². The van der Waals surface area contributed by atoms with Gasteiger partial charge in [0, 0.05) is 0 Å². The first-order chi connectivity index (χ1) is 4.31. The molecule has 0 unspecified atom stereocenters. The molecule has 0 aromatic rings. The lowest BCUT2D eigenvalue weighted by atomic mass is 10.8. The average molecular weight is 162 g/mol. The van der Waals surface area contributed by atoms with Crippen molar-refractivity contribution in [2.45, 2.75) is 6.92 Å². The summed E-state index contributed by atoms with van der Waals surface area (Å²) < 4.78 is 10.8. The summed E-state index contributed by atoms with van der Waals surface area (Å²) >= 11 is 0. The van der Waals surface area contributed by atoms with E-state index in [0.29, 0.717) is 5.75 Å². The van der Waals surface area contributed by atoms with Crippen LogP contribution < -0.4 is 0 Å². The van der Waals surface area contributed by atoms with Crippen LogP contribution in [0.5, 0.6) is 0 Å². The van der Waals surface area contributed by atoms with E-state index in [4.69, 9.17) is 0 Å². The molecule has 0 fully saturated rings. The van der Waals surface area contributed by atoms with Gasteiger partial charge in [0.2, 0.25) is 0 Å². The summed E-state index contributed by atoms with van der Waals surface area (Å²) in [5.74, 6) is 0.564. The fourth-order valence-corrected chi connectivity index (χ4v) is 1.99. The van der Waals surface area contributed by atoms with E-state index in [1.165, 1.54) is 10.8 Å². The molecule has 0 aliphatic heterocycles. The third kappa shape index (κ3) is 5.86. The minimum absolute atomic E-state index is 0.564. The van der Waals surface area contributed by atoms with Gasteiger partial charge >= 0.3 is 0 Å². The second-order valence-electron chi connectivity index (χ2n) is 1.32. The third-order valence-electron chi connectivity index (χ3n) is 0.553. The molecule has 0 radical (unpaired) electrons. The van der Waals surface area contributed by atoms with Gasteiger partial charge in [0.25, 0.3) is 0 Å². The summed E-state index contributed by atoms with van der Waals surface area (Å²) in [5, 5.41) is 1.82. The van der Waals surface area contributed by atoms with E-state index >= 15 is 0 Å². The minimum atomic E-state index is -0.808. The second-order valence-corrected chi connectivity index (χ2v) is 4.42. The number of hydrogen-bond acceptors (Lipinski definition) is 2. The van der Waals surface area contributed by atoms with Crippen molar-refractivity contribution in [3.8, 4) is 0 Å². The molecule has 1 nitrogen and oxygen atoms in total. The van der Waals surface area contributed by atoms with Crippen molar-refractivity contribution < 1.29 is 4.21 Å². The predicted molar refractivity (Wildman–Crippen MR) is 45.6 cm³/mol. The van der Waals surface area contributed by atoms with Crippen LogP contribution in [0.1, 0.15) is 6.92 Å². The first-order valence-electron chi connectivity index (χ1n) is 2.58. The summed E-state index contributed by atoms with van der Waals surface area (Å²) in [6.45, 7) is 5.38. The highest BCUT2D eigenvalue weighted by molar-refractivity contribution is 8.70. The SMILES string of the molecule is C=CC[S@@](=O)S/C=C\C. The number of allylic oxidation sites excluding steroid dienone is 1. The number of hydrogen-bond donors (Lipinski definition) is 0. The molecule has 1 atom stereocenters. The first-order valence-corrected chi connectivity index (χ1v) is 5.30. The Morgan fingerprint density at radius 3 is 2.89 bits per heavy atom. The minimum Gasteiger partial charge on any atom is -0.247 e. The summed E-state index contributed by atoms with van der Waals surface area (Å²) in [4.78, 5) is 0. The molecule has 3 heteroatoms. The molecule has 0 spiro atoms. The van der Waals surface area contributed by atoms with Crippen molar-refractivity contribution in [2.24, 2.45) is 0 Å². The Bertz CT molecular complexity index is 129. The Kier molecular flexibility index (Phi) is 6.09. The highest BCUT2D eigenvalue weighted by Crippen LogP contribution is 2.08. The lowest BCUT2D eigenvalue weighted by molar-refractivity contribution is 0.693. The lowest BCUT2D eigenvalue weighted by Crippen LogP contribution is -1.83. The van der Waals surface area contributed by atoms with E-state index in [2.05, 4.69) is 6.58 Å². The smallest absolute Gasteiger partial charge is 0.0884 e. The van der Waals surface area contributed by atoms with Crippen LogP contribution in [0.3, 0.4) is 0 Å². The van der Waals surface area contributed by atoms with Crippen LogP contribution >= 0.6 is 10.8 Å². The van der Waals surface area contributed by atoms with Gasteiger partial charge < -0.3 is 0 Å². The highest BCUT2D eigenvalue weighted by Gasteiger charge is 1.90. The van der Waals surface area contributed by atoms with Crippen molar-refractivity contribution in [1.29, 1.82) is 0 Å². The van der Waals surface area contributed by atoms with E-state index in [1.54, 1.807) is 6.08 Å². The average Bonchev–Trinajstić information content (AvgIpc) is 1.85. The Labute approximate surface area is 62.1 Å². The maximum absolute atomic E-state index is 10.8. The largest absolute Gasteiger partial charge is 0.247 e. The molecule has 0 aliphatic carbocycles. The van der Waals surface area contributed by atoms with Gasteiger partial charge in [-0.25, -0.2) is 4.21 Å². The molecule has 0 rings (SSSR count). The zero-order chi connectivity index (χ0) is 7.11. The van der Waals surface area contributed by atoms with Crippen LogP contribution in [0.4, 0.5) is 0 Å². The van der Waals surface area contributed by atoms with E-state index in [9.17, 15) is 4.21 Å². The fourth-order valence-electron chi connectivity index (χ4n) is 0.253. The van der Waals surface area contributed by atoms with Crippen LogP contribution in [0.2, 0.25) is 0 Å². The molecule has 0 bridgehead atoms. The lowest BCUT2D eigenvalue weighted by Gasteiger charge is -1.87. The Morgan fingerprint density at radius 2 is 2.44 bits per heavy atom. The fraction of sp³-hybridized carbons (Fsp3) is 0.333. The van der Waals surface area contributed by atoms with Crippen LogP contribution in [-0.4, -0.2) is 9.96 Å². The molecule has 0 saturated heterocycles. The molecule has 0 aromatic carbocycles. The van der Waals surface area contributed by atoms with Gasteiger partial charge in [-0.3, -0.25) is 0 Å². The topological polar surface area (TPSA) is 17.1 Å². The maximum atomic E-state index is 10.8.